The van der Waals surface area contributed by atoms with Crippen LogP contribution in [0.25, 0.3) is 10.9 Å². The number of carbonyl (C=O) groups is 2. The first-order chi connectivity index (χ1) is 18.1. The van der Waals surface area contributed by atoms with Crippen LogP contribution in [0.15, 0.2) is 78.9 Å². The summed E-state index contributed by atoms with van der Waals surface area (Å²) in [6.45, 7) is 0.652. The first-order valence-electron chi connectivity index (χ1n) is 13.0. The summed E-state index contributed by atoms with van der Waals surface area (Å²) in [7, 11) is 1.65. The maximum Gasteiger partial charge on any atom is 0.246 e. The third kappa shape index (κ3) is 4.37. The van der Waals surface area contributed by atoms with E-state index in [9.17, 15) is 9.59 Å². The minimum absolute atomic E-state index is 0.0294. The molecular weight excluding hydrogens is 462 g/mol. The van der Waals surface area contributed by atoms with E-state index in [1.807, 2.05) is 59.5 Å². The Morgan fingerprint density at radius 2 is 1.62 bits per heavy atom. The average molecular weight is 494 g/mol. The first kappa shape index (κ1) is 23.3. The molecule has 1 fully saturated rings. The lowest BCUT2D eigenvalue weighted by Crippen LogP contribution is -2.63. The van der Waals surface area contributed by atoms with Crippen molar-refractivity contribution in [3.8, 4) is 5.75 Å². The number of fused-ring (bicyclic) bond motifs is 4. The molecule has 37 heavy (non-hydrogen) atoms. The fraction of sp³-hybridized carbons (Fsp3) is 0.290. The Morgan fingerprint density at radius 1 is 0.892 bits per heavy atom. The number of nitrogens with zero attached hydrogens (tertiary/aromatic N) is 2. The normalized spacial score (nSPS) is 19.2. The number of hydrogen-bond acceptors (Lipinski definition) is 3. The number of ether oxygens (including phenoxy) is 1. The molecule has 3 aromatic carbocycles. The zero-order valence-corrected chi connectivity index (χ0v) is 21.0. The number of para-hydroxylation sites is 1. The van der Waals surface area contributed by atoms with Crippen LogP contribution >= 0.6 is 0 Å². The quantitative estimate of drug-likeness (QED) is 0.406. The van der Waals surface area contributed by atoms with Crippen molar-refractivity contribution in [2.24, 2.45) is 0 Å². The number of benzene rings is 3. The molecule has 0 radical (unpaired) electrons. The van der Waals surface area contributed by atoms with Gasteiger partial charge in [-0.3, -0.25) is 9.59 Å². The second kappa shape index (κ2) is 9.77. The van der Waals surface area contributed by atoms with Crippen molar-refractivity contribution in [1.29, 1.82) is 0 Å². The Balaban J connectivity index is 1.28. The van der Waals surface area contributed by atoms with E-state index in [1.54, 1.807) is 12.0 Å². The number of carbonyl (C=O) groups excluding carboxylic acids is 2. The second-order valence-corrected chi connectivity index (χ2v) is 9.98. The van der Waals surface area contributed by atoms with Crippen LogP contribution in [0.1, 0.15) is 34.8 Å². The van der Waals surface area contributed by atoms with E-state index < -0.39 is 6.04 Å². The molecule has 6 rings (SSSR count). The third-order valence-corrected chi connectivity index (χ3v) is 7.84. The van der Waals surface area contributed by atoms with Gasteiger partial charge in [-0.1, -0.05) is 60.7 Å². The smallest absolute Gasteiger partial charge is 0.246 e. The van der Waals surface area contributed by atoms with E-state index in [2.05, 4.69) is 29.2 Å². The van der Waals surface area contributed by atoms with Gasteiger partial charge >= 0.3 is 0 Å². The van der Waals surface area contributed by atoms with E-state index in [0.29, 0.717) is 19.4 Å². The fourth-order valence-electron chi connectivity index (χ4n) is 5.94. The van der Waals surface area contributed by atoms with Crippen molar-refractivity contribution in [2.45, 2.75) is 37.8 Å². The highest BCUT2D eigenvalue weighted by Gasteiger charge is 2.47. The van der Waals surface area contributed by atoms with E-state index in [0.717, 1.165) is 40.8 Å². The summed E-state index contributed by atoms with van der Waals surface area (Å²) in [5.41, 5.74) is 5.67. The topological polar surface area (TPSA) is 65.6 Å². The lowest BCUT2D eigenvalue weighted by molar-refractivity contribution is -0.159. The SMILES string of the molecule is COc1ccc(CCN2CC(=O)N3C(CCc4ccccc4)c4[nH]c5ccccc5c4C[C@H]3C2=O)cc1. The molecule has 2 aliphatic rings. The van der Waals surface area contributed by atoms with Crippen LogP contribution in [0.4, 0.5) is 0 Å². The van der Waals surface area contributed by atoms with Gasteiger partial charge in [-0.25, -0.2) is 0 Å². The molecule has 2 aliphatic heterocycles. The number of methoxy groups -OCH3 is 1. The number of hydrogen-bond donors (Lipinski definition) is 1. The molecule has 6 heteroatoms. The van der Waals surface area contributed by atoms with Crippen LogP contribution in [0.5, 0.6) is 5.75 Å². The molecule has 1 saturated heterocycles. The number of nitrogens with one attached hydrogen (secondary N) is 1. The summed E-state index contributed by atoms with van der Waals surface area (Å²) in [5, 5.41) is 1.15. The fourth-order valence-corrected chi connectivity index (χ4v) is 5.94. The zero-order chi connectivity index (χ0) is 25.4. The van der Waals surface area contributed by atoms with Gasteiger partial charge in [0.2, 0.25) is 11.8 Å². The molecule has 1 N–H and O–H groups in total. The number of aryl methyl sites for hydroxylation is 1. The molecule has 2 amide bonds. The van der Waals surface area contributed by atoms with Crippen LogP contribution in [0.3, 0.4) is 0 Å². The van der Waals surface area contributed by atoms with Crippen LogP contribution in [-0.2, 0) is 28.9 Å². The molecule has 3 heterocycles. The highest BCUT2D eigenvalue weighted by atomic mass is 16.5. The number of rotatable bonds is 7. The molecule has 0 aliphatic carbocycles. The lowest BCUT2D eigenvalue weighted by atomic mass is 9.86. The number of amides is 2. The molecule has 2 atom stereocenters. The largest absolute Gasteiger partial charge is 0.497 e. The van der Waals surface area contributed by atoms with Crippen LogP contribution in [0.2, 0.25) is 0 Å². The zero-order valence-electron chi connectivity index (χ0n) is 21.0. The van der Waals surface area contributed by atoms with Crippen LogP contribution in [-0.4, -0.2) is 52.8 Å². The van der Waals surface area contributed by atoms with Gasteiger partial charge < -0.3 is 19.5 Å². The maximum absolute atomic E-state index is 13.8. The molecule has 1 aromatic heterocycles. The van der Waals surface area contributed by atoms with Gasteiger partial charge in [-0.05, 0) is 54.2 Å². The summed E-state index contributed by atoms with van der Waals surface area (Å²) in [5.74, 6) is 0.886. The third-order valence-electron chi connectivity index (χ3n) is 7.84. The monoisotopic (exact) mass is 493 g/mol. The minimum Gasteiger partial charge on any atom is -0.497 e. The van der Waals surface area contributed by atoms with Gasteiger partial charge in [0.25, 0.3) is 0 Å². The summed E-state index contributed by atoms with van der Waals surface area (Å²) in [4.78, 5) is 34.7. The Hall–Kier alpha value is -4.06. The van der Waals surface area contributed by atoms with Crippen molar-refractivity contribution in [1.82, 2.24) is 14.8 Å². The number of aromatic amines is 1. The Labute approximate surface area is 216 Å². The predicted octanol–water partition coefficient (Wildman–Crippen LogP) is 4.69. The van der Waals surface area contributed by atoms with E-state index in [-0.39, 0.29) is 24.4 Å². The van der Waals surface area contributed by atoms with Crippen molar-refractivity contribution < 1.29 is 14.3 Å². The Morgan fingerprint density at radius 3 is 2.41 bits per heavy atom. The van der Waals surface area contributed by atoms with Gasteiger partial charge in [-0.2, -0.15) is 0 Å². The molecule has 0 saturated carbocycles. The van der Waals surface area contributed by atoms with Crippen molar-refractivity contribution in [2.75, 3.05) is 20.2 Å². The predicted molar refractivity (Wildman–Crippen MR) is 143 cm³/mol. The summed E-state index contributed by atoms with van der Waals surface area (Å²) in [6, 6.07) is 25.9. The van der Waals surface area contributed by atoms with Gasteiger partial charge in [0.1, 0.15) is 11.8 Å². The van der Waals surface area contributed by atoms with Gasteiger partial charge in [0, 0.05) is 29.6 Å². The van der Waals surface area contributed by atoms with E-state index in [4.69, 9.17) is 4.74 Å². The van der Waals surface area contributed by atoms with Gasteiger partial charge in [-0.15, -0.1) is 0 Å². The summed E-state index contributed by atoms with van der Waals surface area (Å²) in [6.07, 6.45) is 2.85. The lowest BCUT2D eigenvalue weighted by Gasteiger charge is -2.47. The van der Waals surface area contributed by atoms with Crippen LogP contribution < -0.4 is 4.74 Å². The maximum atomic E-state index is 13.8. The molecular formula is C31H31N3O3. The van der Waals surface area contributed by atoms with E-state index >= 15 is 0 Å². The van der Waals surface area contributed by atoms with Gasteiger partial charge in [0.15, 0.2) is 0 Å². The Kier molecular flexibility index (Phi) is 6.16. The standard InChI is InChI=1S/C31H31N3O3/c1-37-23-14-11-22(12-15-23)17-18-33-20-29(35)34-27(16-13-21-7-3-2-4-8-21)30-25(19-28(34)31(33)36)24-9-5-6-10-26(24)32-30/h2-12,14-15,27-28,32H,13,16-20H2,1H3/t27?,28-/m0/s1. The van der Waals surface area contributed by atoms with Crippen molar-refractivity contribution >= 4 is 22.7 Å². The number of aromatic nitrogens is 1. The van der Waals surface area contributed by atoms with E-state index in [1.165, 1.54) is 11.1 Å². The molecule has 188 valence electrons. The van der Waals surface area contributed by atoms with Crippen molar-refractivity contribution in [3.63, 3.8) is 0 Å². The first-order valence-corrected chi connectivity index (χ1v) is 13.0. The summed E-state index contributed by atoms with van der Waals surface area (Å²) < 4.78 is 5.25. The van der Waals surface area contributed by atoms with Crippen molar-refractivity contribution in [3.05, 3.63) is 101 Å². The minimum atomic E-state index is -0.468. The van der Waals surface area contributed by atoms with Crippen LogP contribution in [0, 0.1) is 0 Å². The molecule has 4 aromatic rings. The molecule has 0 bridgehead atoms. The molecule has 6 nitrogen and oxygen atoms in total. The second-order valence-electron chi connectivity index (χ2n) is 9.98. The number of H-pyrrole nitrogens is 1. The molecule has 0 spiro atoms. The summed E-state index contributed by atoms with van der Waals surface area (Å²) >= 11 is 0. The Bertz CT molecular complexity index is 1430. The average Bonchev–Trinajstić information content (AvgIpc) is 3.32. The van der Waals surface area contributed by atoms with Gasteiger partial charge in [0.05, 0.1) is 19.7 Å². The highest BCUT2D eigenvalue weighted by molar-refractivity contribution is 5.97. The molecule has 1 unspecified atom stereocenters. The number of piperazine rings is 1. The highest BCUT2D eigenvalue weighted by Crippen LogP contribution is 2.41.